The van der Waals surface area contributed by atoms with E-state index in [9.17, 15) is 12.8 Å². The van der Waals surface area contributed by atoms with Crippen LogP contribution in [0, 0.1) is 11.7 Å². The molecule has 0 amide bonds. The Labute approximate surface area is 130 Å². The molecule has 1 atom stereocenters. The van der Waals surface area contributed by atoms with Gasteiger partial charge in [0.2, 0.25) is 10.0 Å². The van der Waals surface area contributed by atoms with Crippen molar-refractivity contribution in [3.8, 4) is 0 Å². The standard InChI is InChI=1S/C14H20ClFN2O2S/c1-2-3-10-4-5-18(9-10)21(19,20)13-7-12(15)6-11(8-17)14(13)16/h6-7,10H,2-5,8-9,17H2,1H3. The molecule has 0 aromatic heterocycles. The molecule has 21 heavy (non-hydrogen) atoms. The molecule has 118 valence electrons. The fraction of sp³-hybridized carbons (Fsp3) is 0.571. The molecule has 1 unspecified atom stereocenters. The fourth-order valence-corrected chi connectivity index (χ4v) is 4.72. The molecule has 1 aromatic rings. The molecule has 7 heteroatoms. The lowest BCUT2D eigenvalue weighted by Crippen LogP contribution is -2.30. The summed E-state index contributed by atoms with van der Waals surface area (Å²) in [5.74, 6) is -0.443. The van der Waals surface area contributed by atoms with Gasteiger partial charge >= 0.3 is 0 Å². The zero-order valence-corrected chi connectivity index (χ0v) is 13.6. The second-order valence-electron chi connectivity index (χ2n) is 5.39. The number of sulfonamides is 1. The first kappa shape index (κ1) is 16.7. The molecule has 0 saturated carbocycles. The summed E-state index contributed by atoms with van der Waals surface area (Å²) in [6.45, 7) is 2.85. The van der Waals surface area contributed by atoms with E-state index in [-0.39, 0.29) is 22.0 Å². The van der Waals surface area contributed by atoms with E-state index in [0.717, 1.165) is 19.3 Å². The van der Waals surface area contributed by atoms with E-state index in [4.69, 9.17) is 17.3 Å². The van der Waals surface area contributed by atoms with Gasteiger partial charge in [0.15, 0.2) is 0 Å². The maximum Gasteiger partial charge on any atom is 0.246 e. The van der Waals surface area contributed by atoms with E-state index in [1.165, 1.54) is 16.4 Å². The van der Waals surface area contributed by atoms with Crippen molar-refractivity contribution in [2.45, 2.75) is 37.6 Å². The smallest absolute Gasteiger partial charge is 0.246 e. The first-order chi connectivity index (χ1) is 9.90. The largest absolute Gasteiger partial charge is 0.326 e. The first-order valence-corrected chi connectivity index (χ1v) is 8.90. The molecule has 1 aliphatic heterocycles. The maximum absolute atomic E-state index is 14.3. The van der Waals surface area contributed by atoms with Crippen LogP contribution in [0.4, 0.5) is 4.39 Å². The van der Waals surface area contributed by atoms with Gasteiger partial charge in [0.25, 0.3) is 0 Å². The number of nitrogens with two attached hydrogens (primary N) is 1. The quantitative estimate of drug-likeness (QED) is 0.900. The SMILES string of the molecule is CCCC1CCN(S(=O)(=O)c2cc(Cl)cc(CN)c2F)C1. The molecule has 1 saturated heterocycles. The second kappa shape index (κ2) is 6.60. The molecule has 0 radical (unpaired) electrons. The van der Waals surface area contributed by atoms with Crippen LogP contribution < -0.4 is 5.73 Å². The molecule has 2 rings (SSSR count). The summed E-state index contributed by atoms with van der Waals surface area (Å²) in [6.07, 6.45) is 2.82. The van der Waals surface area contributed by atoms with Crippen LogP contribution >= 0.6 is 11.6 Å². The van der Waals surface area contributed by atoms with E-state index >= 15 is 0 Å². The van der Waals surface area contributed by atoms with Gasteiger partial charge in [-0.15, -0.1) is 0 Å². The second-order valence-corrected chi connectivity index (χ2v) is 7.73. The van der Waals surface area contributed by atoms with Crippen LogP contribution in [0.2, 0.25) is 5.02 Å². The summed E-state index contributed by atoms with van der Waals surface area (Å²) in [5.41, 5.74) is 5.56. The highest BCUT2D eigenvalue weighted by molar-refractivity contribution is 7.89. The molecule has 1 aliphatic rings. The van der Waals surface area contributed by atoms with Crippen LogP contribution in [0.1, 0.15) is 31.7 Å². The van der Waals surface area contributed by atoms with Crippen molar-refractivity contribution < 1.29 is 12.8 Å². The Morgan fingerprint density at radius 1 is 1.48 bits per heavy atom. The van der Waals surface area contributed by atoms with E-state index in [2.05, 4.69) is 6.92 Å². The average Bonchev–Trinajstić information content (AvgIpc) is 2.90. The minimum atomic E-state index is -3.86. The number of nitrogens with zero attached hydrogens (tertiary/aromatic N) is 1. The molecule has 2 N–H and O–H groups in total. The number of rotatable bonds is 5. The molecule has 1 aromatic carbocycles. The molecule has 0 spiro atoms. The van der Waals surface area contributed by atoms with Crippen molar-refractivity contribution in [3.63, 3.8) is 0 Å². The lowest BCUT2D eigenvalue weighted by Gasteiger charge is -2.18. The molecule has 0 aliphatic carbocycles. The third-order valence-corrected chi connectivity index (χ3v) is 5.95. The zero-order valence-electron chi connectivity index (χ0n) is 12.0. The van der Waals surface area contributed by atoms with Crippen molar-refractivity contribution in [1.82, 2.24) is 4.31 Å². The van der Waals surface area contributed by atoms with Gasteiger partial charge in [0.1, 0.15) is 10.7 Å². The average molecular weight is 335 g/mol. The van der Waals surface area contributed by atoms with Crippen LogP contribution in [0.3, 0.4) is 0 Å². The molecule has 1 fully saturated rings. The van der Waals surface area contributed by atoms with Gasteiger partial charge < -0.3 is 5.73 Å². The Morgan fingerprint density at radius 2 is 2.19 bits per heavy atom. The predicted molar refractivity (Wildman–Crippen MR) is 81.1 cm³/mol. The number of halogens is 2. The summed E-state index contributed by atoms with van der Waals surface area (Å²) in [6, 6.07) is 2.53. The van der Waals surface area contributed by atoms with E-state index in [0.29, 0.717) is 19.0 Å². The van der Waals surface area contributed by atoms with Crippen LogP contribution in [0.5, 0.6) is 0 Å². The third-order valence-electron chi connectivity index (χ3n) is 3.86. The Bertz CT molecular complexity index is 622. The maximum atomic E-state index is 14.3. The Morgan fingerprint density at radius 3 is 2.81 bits per heavy atom. The topological polar surface area (TPSA) is 63.4 Å². The summed E-state index contributed by atoms with van der Waals surface area (Å²) in [5, 5.41) is 0.180. The number of hydrogen-bond acceptors (Lipinski definition) is 3. The minimum absolute atomic E-state index is 0.0899. The Kier molecular flexibility index (Phi) is 5.24. The lowest BCUT2D eigenvalue weighted by molar-refractivity contribution is 0.440. The highest BCUT2D eigenvalue weighted by Gasteiger charge is 2.34. The van der Waals surface area contributed by atoms with Gasteiger partial charge in [0.05, 0.1) is 0 Å². The highest BCUT2D eigenvalue weighted by atomic mass is 35.5. The summed E-state index contributed by atoms with van der Waals surface area (Å²) in [7, 11) is -3.86. The zero-order chi connectivity index (χ0) is 15.6. The van der Waals surface area contributed by atoms with Gasteiger partial charge in [-0.05, 0) is 30.9 Å². The van der Waals surface area contributed by atoms with Crippen molar-refractivity contribution in [2.75, 3.05) is 13.1 Å². The molecule has 0 bridgehead atoms. The predicted octanol–water partition coefficient (Wildman–Crippen LogP) is 2.75. The molecular weight excluding hydrogens is 315 g/mol. The van der Waals surface area contributed by atoms with Crippen LogP contribution in [0.15, 0.2) is 17.0 Å². The van der Waals surface area contributed by atoms with Crippen molar-refractivity contribution >= 4 is 21.6 Å². The third kappa shape index (κ3) is 3.39. The van der Waals surface area contributed by atoms with E-state index in [1.54, 1.807) is 0 Å². The normalized spacial score (nSPS) is 20.1. The molecule has 1 heterocycles. The van der Waals surface area contributed by atoms with Gasteiger partial charge in [-0.2, -0.15) is 4.31 Å². The van der Waals surface area contributed by atoms with Crippen LogP contribution in [-0.4, -0.2) is 25.8 Å². The fourth-order valence-electron chi connectivity index (χ4n) is 2.75. The number of hydrogen-bond donors (Lipinski definition) is 1. The van der Waals surface area contributed by atoms with Crippen LogP contribution in [-0.2, 0) is 16.6 Å². The van der Waals surface area contributed by atoms with Gasteiger partial charge in [0, 0.05) is 30.2 Å². The monoisotopic (exact) mass is 334 g/mol. The van der Waals surface area contributed by atoms with Crippen molar-refractivity contribution in [2.24, 2.45) is 11.7 Å². The molecular formula is C14H20ClFN2O2S. The minimum Gasteiger partial charge on any atom is -0.326 e. The van der Waals surface area contributed by atoms with Gasteiger partial charge in [-0.3, -0.25) is 0 Å². The lowest BCUT2D eigenvalue weighted by atomic mass is 10.0. The molecule has 4 nitrogen and oxygen atoms in total. The van der Waals surface area contributed by atoms with Gasteiger partial charge in [-0.25, -0.2) is 12.8 Å². The summed E-state index contributed by atoms with van der Waals surface area (Å²) >= 11 is 5.89. The van der Waals surface area contributed by atoms with Crippen molar-refractivity contribution in [1.29, 1.82) is 0 Å². The highest BCUT2D eigenvalue weighted by Crippen LogP contribution is 2.30. The van der Waals surface area contributed by atoms with Crippen LogP contribution in [0.25, 0.3) is 0 Å². The Hall–Kier alpha value is -0.690. The Balaban J connectivity index is 2.35. The van der Waals surface area contributed by atoms with Crippen molar-refractivity contribution in [3.05, 3.63) is 28.5 Å². The van der Waals surface area contributed by atoms with E-state index < -0.39 is 15.8 Å². The van der Waals surface area contributed by atoms with Gasteiger partial charge in [-0.1, -0.05) is 24.9 Å². The summed E-state index contributed by atoms with van der Waals surface area (Å²) < 4.78 is 40.9. The number of benzene rings is 1. The summed E-state index contributed by atoms with van der Waals surface area (Å²) in [4.78, 5) is -0.368. The van der Waals surface area contributed by atoms with E-state index in [1.807, 2.05) is 0 Å². The first-order valence-electron chi connectivity index (χ1n) is 7.08.